The van der Waals surface area contributed by atoms with Gasteiger partial charge in [-0.2, -0.15) is 0 Å². The Morgan fingerprint density at radius 3 is 2.57 bits per heavy atom. The number of methoxy groups -OCH3 is 1. The Kier molecular flexibility index (Phi) is 4.79. The number of ketones is 1. The fraction of sp³-hybridized carbons (Fsp3) is 0.467. The van der Waals surface area contributed by atoms with Crippen LogP contribution in [-0.2, 0) is 9.53 Å². The molecule has 0 N–H and O–H groups in total. The maximum absolute atomic E-state index is 12.4. The van der Waals surface area contributed by atoms with E-state index in [0.29, 0.717) is 11.3 Å². The zero-order chi connectivity index (χ0) is 15.7. The lowest BCUT2D eigenvalue weighted by atomic mass is 9.92. The number of ether oxygens (including phenoxy) is 2. The van der Waals surface area contributed by atoms with Crippen molar-refractivity contribution in [3.05, 3.63) is 27.2 Å². The van der Waals surface area contributed by atoms with E-state index in [0.717, 1.165) is 12.0 Å². The summed E-state index contributed by atoms with van der Waals surface area (Å²) in [5, 5.41) is 0.346. The van der Waals surface area contributed by atoms with Gasteiger partial charge in [-0.1, -0.05) is 37.0 Å². The maximum Gasteiger partial charge on any atom is 0.343 e. The molecule has 0 amide bonds. The third-order valence-electron chi connectivity index (χ3n) is 3.89. The molecule has 1 aliphatic carbocycles. The van der Waals surface area contributed by atoms with Crippen LogP contribution in [0.4, 0.5) is 0 Å². The average Bonchev–Trinajstić information content (AvgIpc) is 2.71. The molecule has 21 heavy (non-hydrogen) atoms. The molecule has 4 nitrogen and oxygen atoms in total. The lowest BCUT2D eigenvalue weighted by Crippen LogP contribution is -2.13. The fourth-order valence-corrected chi connectivity index (χ4v) is 3.20. The van der Waals surface area contributed by atoms with Crippen molar-refractivity contribution in [3.63, 3.8) is 0 Å². The third-order valence-corrected chi connectivity index (χ3v) is 4.74. The van der Waals surface area contributed by atoms with Crippen LogP contribution in [0.1, 0.15) is 42.1 Å². The highest BCUT2D eigenvalue weighted by Crippen LogP contribution is 2.47. The smallest absolute Gasteiger partial charge is 0.343 e. The molecule has 1 aliphatic rings. The molecule has 1 aromatic rings. The van der Waals surface area contributed by atoms with Crippen LogP contribution < -0.4 is 4.74 Å². The zero-order valence-electron chi connectivity index (χ0n) is 12.0. The quantitative estimate of drug-likeness (QED) is 0.786. The first-order valence-corrected chi connectivity index (χ1v) is 7.43. The molecule has 0 saturated heterocycles. The Balaban J connectivity index is 2.41. The number of carbonyl (C=O) groups excluding carboxylic acids is 2. The fourth-order valence-electron chi connectivity index (χ4n) is 2.70. The van der Waals surface area contributed by atoms with E-state index in [9.17, 15) is 9.59 Å². The highest BCUT2D eigenvalue weighted by molar-refractivity contribution is 6.45. The predicted molar refractivity (Wildman–Crippen MR) is 80.5 cm³/mol. The molecule has 0 fully saturated rings. The Morgan fingerprint density at radius 1 is 1.33 bits per heavy atom. The number of Topliss-reactive ketones (excluding diaryl/α,β-unsaturated/α-hetero) is 1. The maximum atomic E-state index is 12.4. The Labute approximate surface area is 133 Å². The minimum Gasteiger partial charge on any atom is -0.480 e. The summed E-state index contributed by atoms with van der Waals surface area (Å²) < 4.78 is 9.86. The summed E-state index contributed by atoms with van der Waals surface area (Å²) in [4.78, 5) is 23.5. The molecule has 2 atom stereocenters. The number of hydrogen-bond acceptors (Lipinski definition) is 4. The summed E-state index contributed by atoms with van der Waals surface area (Å²) in [6.07, 6.45) is 0.737. The van der Waals surface area contributed by atoms with Gasteiger partial charge >= 0.3 is 5.97 Å². The molecule has 0 heterocycles. The van der Waals surface area contributed by atoms with Crippen LogP contribution in [0.2, 0.25) is 10.0 Å². The van der Waals surface area contributed by atoms with E-state index in [2.05, 4.69) is 4.74 Å². The van der Waals surface area contributed by atoms with Crippen molar-refractivity contribution in [2.45, 2.75) is 26.2 Å². The van der Waals surface area contributed by atoms with E-state index in [1.807, 2.05) is 13.8 Å². The first kappa shape index (κ1) is 16.1. The summed E-state index contributed by atoms with van der Waals surface area (Å²) in [6.45, 7) is 3.69. The zero-order valence-corrected chi connectivity index (χ0v) is 13.5. The van der Waals surface area contributed by atoms with Gasteiger partial charge in [-0.15, -0.1) is 0 Å². The molecule has 1 aromatic carbocycles. The lowest BCUT2D eigenvalue weighted by Gasteiger charge is -2.13. The van der Waals surface area contributed by atoms with E-state index < -0.39 is 5.97 Å². The lowest BCUT2D eigenvalue weighted by molar-refractivity contribution is -0.142. The third kappa shape index (κ3) is 2.74. The number of hydrogen-bond donors (Lipinski definition) is 0. The number of rotatable bonds is 4. The molecule has 0 aliphatic heterocycles. The Hall–Kier alpha value is -1.26. The molecular weight excluding hydrogens is 315 g/mol. The van der Waals surface area contributed by atoms with Crippen molar-refractivity contribution in [3.8, 4) is 5.75 Å². The first-order chi connectivity index (χ1) is 9.92. The van der Waals surface area contributed by atoms with Crippen molar-refractivity contribution in [1.29, 1.82) is 0 Å². The van der Waals surface area contributed by atoms with Gasteiger partial charge in [0.05, 0.1) is 12.1 Å². The normalized spacial score (nSPS) is 20.3. The topological polar surface area (TPSA) is 52.6 Å². The van der Waals surface area contributed by atoms with Crippen molar-refractivity contribution in [1.82, 2.24) is 0 Å². The largest absolute Gasteiger partial charge is 0.480 e. The second kappa shape index (κ2) is 6.24. The minimum absolute atomic E-state index is 0.0198. The molecule has 114 valence electrons. The van der Waals surface area contributed by atoms with Crippen LogP contribution in [0, 0.1) is 5.92 Å². The first-order valence-electron chi connectivity index (χ1n) is 6.68. The van der Waals surface area contributed by atoms with E-state index in [1.165, 1.54) is 7.11 Å². The summed E-state index contributed by atoms with van der Waals surface area (Å²) in [6, 6.07) is 1.70. The van der Waals surface area contributed by atoms with Gasteiger partial charge in [0.25, 0.3) is 0 Å². The van der Waals surface area contributed by atoms with E-state index in [1.54, 1.807) is 6.07 Å². The second-order valence-electron chi connectivity index (χ2n) is 5.00. The number of carbonyl (C=O) groups is 2. The molecule has 0 aromatic heterocycles. The number of fused-ring (bicyclic) bond motifs is 1. The Bertz CT molecular complexity index is 598. The summed E-state index contributed by atoms with van der Waals surface area (Å²) >= 11 is 12.4. The minimum atomic E-state index is -0.516. The molecule has 2 unspecified atom stereocenters. The van der Waals surface area contributed by atoms with Crippen LogP contribution >= 0.6 is 23.2 Å². The number of benzene rings is 1. The molecular formula is C15H16Cl2O4. The van der Waals surface area contributed by atoms with Gasteiger partial charge in [-0.05, 0) is 24.0 Å². The van der Waals surface area contributed by atoms with Gasteiger partial charge in [0.2, 0.25) is 0 Å². The van der Waals surface area contributed by atoms with Crippen LogP contribution in [0.3, 0.4) is 0 Å². The van der Waals surface area contributed by atoms with Gasteiger partial charge < -0.3 is 9.47 Å². The van der Waals surface area contributed by atoms with Crippen LogP contribution in [0.5, 0.6) is 5.75 Å². The standard InChI is InChI=1S/C15H16Cl2O4/c1-4-8-7(2)9-5-10(21-6-11(18)20-3)13(16)14(17)12(9)15(8)19/h5,7-8H,4,6H2,1-3H3. The van der Waals surface area contributed by atoms with Crippen molar-refractivity contribution < 1.29 is 19.1 Å². The van der Waals surface area contributed by atoms with Gasteiger partial charge in [-0.25, -0.2) is 4.79 Å². The summed E-state index contributed by atoms with van der Waals surface area (Å²) in [5.41, 5.74) is 1.30. The van der Waals surface area contributed by atoms with E-state index in [-0.39, 0.29) is 34.3 Å². The van der Waals surface area contributed by atoms with E-state index >= 15 is 0 Å². The summed E-state index contributed by atoms with van der Waals surface area (Å²) in [5.74, 6) is -0.246. The van der Waals surface area contributed by atoms with Crippen LogP contribution in [-0.4, -0.2) is 25.5 Å². The van der Waals surface area contributed by atoms with Crippen molar-refractivity contribution in [2.24, 2.45) is 5.92 Å². The molecule has 0 bridgehead atoms. The number of esters is 1. The molecule has 2 rings (SSSR count). The SMILES string of the molecule is CCC1C(=O)c2c(cc(OCC(=O)OC)c(Cl)c2Cl)C1C. The van der Waals surface area contributed by atoms with Gasteiger partial charge in [0.1, 0.15) is 10.8 Å². The van der Waals surface area contributed by atoms with Crippen LogP contribution in [0.15, 0.2) is 6.07 Å². The van der Waals surface area contributed by atoms with Crippen molar-refractivity contribution >= 4 is 35.0 Å². The van der Waals surface area contributed by atoms with Gasteiger partial charge in [-0.3, -0.25) is 4.79 Å². The Morgan fingerprint density at radius 2 is 2.00 bits per heavy atom. The monoisotopic (exact) mass is 330 g/mol. The predicted octanol–water partition coefficient (Wildman–Crippen LogP) is 3.87. The van der Waals surface area contributed by atoms with E-state index in [4.69, 9.17) is 27.9 Å². The molecule has 0 spiro atoms. The highest BCUT2D eigenvalue weighted by Gasteiger charge is 2.39. The average molecular weight is 331 g/mol. The molecule has 0 radical (unpaired) electrons. The van der Waals surface area contributed by atoms with Crippen LogP contribution in [0.25, 0.3) is 0 Å². The molecule has 6 heteroatoms. The molecule has 0 saturated carbocycles. The van der Waals surface area contributed by atoms with Gasteiger partial charge in [0, 0.05) is 11.5 Å². The van der Waals surface area contributed by atoms with Gasteiger partial charge in [0.15, 0.2) is 12.4 Å². The second-order valence-corrected chi connectivity index (χ2v) is 5.76. The van der Waals surface area contributed by atoms with Crippen molar-refractivity contribution in [2.75, 3.05) is 13.7 Å². The summed E-state index contributed by atoms with van der Waals surface area (Å²) in [7, 11) is 1.27. The number of halogens is 2. The highest BCUT2D eigenvalue weighted by atomic mass is 35.5.